The first-order chi connectivity index (χ1) is 6.37. The van der Waals surface area contributed by atoms with Crippen molar-refractivity contribution in [3.8, 4) is 11.5 Å². The molecule has 0 atom stereocenters. The summed E-state index contributed by atoms with van der Waals surface area (Å²) in [7, 11) is 0. The van der Waals surface area contributed by atoms with Crippen LogP contribution in [0.3, 0.4) is 0 Å². The number of carboxylic acids is 1. The van der Waals surface area contributed by atoms with E-state index >= 15 is 0 Å². The molecule has 1 aromatic carbocycles. The summed E-state index contributed by atoms with van der Waals surface area (Å²) < 4.78 is 0.499. The van der Waals surface area contributed by atoms with Gasteiger partial charge in [-0.3, -0.25) is 0 Å². The normalized spacial score (nSPS) is 10.2. The molecule has 0 aliphatic rings. The van der Waals surface area contributed by atoms with Gasteiger partial charge in [0.15, 0.2) is 0 Å². The smallest absolute Gasteiger partial charge is 0.343 e. The number of rotatable bonds is 1. The Morgan fingerprint density at radius 3 is 1.79 bits per heavy atom. The predicted octanol–water partition coefficient (Wildman–Crippen LogP) is 2.63. The second-order valence-electron chi connectivity index (χ2n) is 2.63. The van der Waals surface area contributed by atoms with Crippen LogP contribution in [0.5, 0.6) is 11.5 Å². The van der Waals surface area contributed by atoms with E-state index in [0.717, 1.165) is 0 Å². The zero-order valence-electron chi connectivity index (χ0n) is 7.01. The second-order valence-corrected chi connectivity index (χ2v) is 4.22. The molecule has 0 aromatic heterocycles. The molecular formula is C8H6Br2O4. The van der Waals surface area contributed by atoms with Gasteiger partial charge in [0, 0.05) is 0 Å². The molecule has 1 rings (SSSR count). The first-order valence-corrected chi connectivity index (χ1v) is 5.09. The summed E-state index contributed by atoms with van der Waals surface area (Å²) in [5.41, 5.74) is 0.0133. The van der Waals surface area contributed by atoms with E-state index in [-0.39, 0.29) is 8.95 Å². The minimum atomic E-state index is -1.39. The van der Waals surface area contributed by atoms with Crippen LogP contribution in [0.15, 0.2) is 8.95 Å². The Balaban J connectivity index is 3.68. The molecule has 0 saturated carbocycles. The van der Waals surface area contributed by atoms with Gasteiger partial charge < -0.3 is 15.3 Å². The van der Waals surface area contributed by atoms with Gasteiger partial charge in [-0.1, -0.05) is 0 Å². The van der Waals surface area contributed by atoms with Crippen LogP contribution in [0, 0.1) is 6.92 Å². The largest absolute Gasteiger partial charge is 0.506 e. The topological polar surface area (TPSA) is 77.8 Å². The molecule has 0 saturated heterocycles. The van der Waals surface area contributed by atoms with Crippen LogP contribution in [-0.4, -0.2) is 21.3 Å². The molecule has 0 aliphatic heterocycles. The molecule has 6 heteroatoms. The number of hydrogen-bond donors (Lipinski definition) is 3. The highest BCUT2D eigenvalue weighted by molar-refractivity contribution is 9.11. The first-order valence-electron chi connectivity index (χ1n) is 3.50. The summed E-state index contributed by atoms with van der Waals surface area (Å²) in [4.78, 5) is 10.7. The molecule has 0 spiro atoms. The maximum Gasteiger partial charge on any atom is 0.343 e. The summed E-state index contributed by atoms with van der Waals surface area (Å²) in [6.45, 7) is 1.62. The van der Waals surface area contributed by atoms with Crippen LogP contribution >= 0.6 is 31.9 Å². The average molecular weight is 326 g/mol. The van der Waals surface area contributed by atoms with Crippen LogP contribution in [0.4, 0.5) is 0 Å². The third kappa shape index (κ3) is 1.59. The number of aromatic hydroxyl groups is 2. The van der Waals surface area contributed by atoms with E-state index < -0.39 is 23.0 Å². The number of halogens is 2. The van der Waals surface area contributed by atoms with Crippen LogP contribution in [-0.2, 0) is 0 Å². The molecule has 0 aliphatic carbocycles. The summed E-state index contributed by atoms with van der Waals surface area (Å²) in [6.07, 6.45) is 0. The Kier molecular flexibility index (Phi) is 3.06. The summed E-state index contributed by atoms with van der Waals surface area (Å²) in [6, 6.07) is 0. The summed E-state index contributed by atoms with van der Waals surface area (Å²) in [5.74, 6) is -2.34. The van der Waals surface area contributed by atoms with Crippen LogP contribution in [0.25, 0.3) is 0 Å². The number of hydrogen-bond acceptors (Lipinski definition) is 3. The van der Waals surface area contributed by atoms with E-state index in [1.807, 2.05) is 0 Å². The lowest BCUT2D eigenvalue weighted by Crippen LogP contribution is -2.00. The fourth-order valence-corrected chi connectivity index (χ4v) is 2.04. The highest BCUT2D eigenvalue weighted by atomic mass is 79.9. The van der Waals surface area contributed by atoms with Crippen molar-refractivity contribution in [2.24, 2.45) is 0 Å². The fraction of sp³-hybridized carbons (Fsp3) is 0.125. The van der Waals surface area contributed by atoms with E-state index in [1.54, 1.807) is 6.92 Å². The molecule has 3 N–H and O–H groups in total. The van der Waals surface area contributed by atoms with Gasteiger partial charge in [0.2, 0.25) is 0 Å². The van der Waals surface area contributed by atoms with E-state index in [1.165, 1.54) is 0 Å². The Morgan fingerprint density at radius 2 is 1.50 bits per heavy atom. The molecule has 0 bridgehead atoms. The molecular weight excluding hydrogens is 320 g/mol. The van der Waals surface area contributed by atoms with E-state index in [4.69, 9.17) is 5.11 Å². The molecule has 1 aromatic rings. The molecule has 76 valence electrons. The molecule has 4 nitrogen and oxygen atoms in total. The summed E-state index contributed by atoms with van der Waals surface area (Å²) >= 11 is 6.06. The van der Waals surface area contributed by atoms with E-state index in [0.29, 0.717) is 5.56 Å². The maximum atomic E-state index is 10.7. The number of aromatic carboxylic acids is 1. The van der Waals surface area contributed by atoms with Gasteiger partial charge in [0.1, 0.15) is 17.1 Å². The summed E-state index contributed by atoms with van der Waals surface area (Å²) in [5, 5.41) is 27.6. The van der Waals surface area contributed by atoms with Crippen molar-refractivity contribution in [2.75, 3.05) is 0 Å². The molecule has 0 unspecified atom stereocenters. The SMILES string of the molecule is Cc1c(Br)c(O)c(C(=O)O)c(O)c1Br. The van der Waals surface area contributed by atoms with Crippen molar-refractivity contribution in [3.63, 3.8) is 0 Å². The van der Waals surface area contributed by atoms with Crippen molar-refractivity contribution in [3.05, 3.63) is 20.1 Å². The Hall–Kier alpha value is -0.750. The van der Waals surface area contributed by atoms with Crippen molar-refractivity contribution >= 4 is 37.8 Å². The number of benzene rings is 1. The Morgan fingerprint density at radius 1 is 1.14 bits per heavy atom. The van der Waals surface area contributed by atoms with Crippen molar-refractivity contribution in [1.82, 2.24) is 0 Å². The van der Waals surface area contributed by atoms with Crippen molar-refractivity contribution in [1.29, 1.82) is 0 Å². The highest BCUT2D eigenvalue weighted by Crippen LogP contribution is 2.43. The standard InChI is InChI=1S/C8H6Br2O4/c1-2-4(9)6(11)3(8(13)14)7(12)5(2)10/h11-12H,1H3,(H,13,14). The van der Waals surface area contributed by atoms with Gasteiger partial charge in [0.05, 0.1) is 8.95 Å². The molecule has 0 radical (unpaired) electrons. The second kappa shape index (κ2) is 3.78. The van der Waals surface area contributed by atoms with Gasteiger partial charge in [-0.05, 0) is 44.3 Å². The first kappa shape index (κ1) is 11.3. The lowest BCUT2D eigenvalue weighted by Gasteiger charge is -2.10. The zero-order chi connectivity index (χ0) is 11.0. The van der Waals surface area contributed by atoms with Gasteiger partial charge in [0.25, 0.3) is 0 Å². The van der Waals surface area contributed by atoms with Crippen molar-refractivity contribution in [2.45, 2.75) is 6.92 Å². The minimum Gasteiger partial charge on any atom is -0.506 e. The van der Waals surface area contributed by atoms with Crippen LogP contribution < -0.4 is 0 Å². The highest BCUT2D eigenvalue weighted by Gasteiger charge is 2.23. The minimum absolute atomic E-state index is 0.250. The molecule has 14 heavy (non-hydrogen) atoms. The number of carbonyl (C=O) groups is 1. The third-order valence-electron chi connectivity index (χ3n) is 1.76. The van der Waals surface area contributed by atoms with Gasteiger partial charge in [-0.25, -0.2) is 4.79 Å². The molecule has 0 fully saturated rings. The zero-order valence-corrected chi connectivity index (χ0v) is 10.2. The predicted molar refractivity (Wildman–Crippen MR) is 56.9 cm³/mol. The number of phenols is 2. The van der Waals surface area contributed by atoms with Gasteiger partial charge in [-0.2, -0.15) is 0 Å². The molecule has 0 heterocycles. The van der Waals surface area contributed by atoms with Crippen LogP contribution in [0.1, 0.15) is 15.9 Å². The van der Waals surface area contributed by atoms with Crippen molar-refractivity contribution < 1.29 is 20.1 Å². The lowest BCUT2D eigenvalue weighted by atomic mass is 10.1. The van der Waals surface area contributed by atoms with Gasteiger partial charge >= 0.3 is 5.97 Å². The van der Waals surface area contributed by atoms with E-state index in [9.17, 15) is 15.0 Å². The fourth-order valence-electron chi connectivity index (χ4n) is 0.986. The Labute approximate surface area is 96.4 Å². The Bertz CT molecular complexity index is 385. The maximum absolute atomic E-state index is 10.7. The third-order valence-corrected chi connectivity index (χ3v) is 3.70. The van der Waals surface area contributed by atoms with Gasteiger partial charge in [-0.15, -0.1) is 0 Å². The average Bonchev–Trinajstić information content (AvgIpc) is 2.11. The number of carboxylic acid groups (broad SMARTS) is 1. The van der Waals surface area contributed by atoms with E-state index in [2.05, 4.69) is 31.9 Å². The lowest BCUT2D eigenvalue weighted by molar-refractivity contribution is 0.0690. The quantitative estimate of drug-likeness (QED) is 0.741. The molecule has 0 amide bonds. The monoisotopic (exact) mass is 324 g/mol. The van der Waals surface area contributed by atoms with Crippen LogP contribution in [0.2, 0.25) is 0 Å².